The van der Waals surface area contributed by atoms with E-state index in [9.17, 15) is 0 Å². The number of para-hydroxylation sites is 1. The van der Waals surface area contributed by atoms with Crippen molar-refractivity contribution in [3.05, 3.63) is 66.2 Å². The van der Waals surface area contributed by atoms with Crippen molar-refractivity contribution in [1.29, 1.82) is 0 Å². The van der Waals surface area contributed by atoms with Crippen molar-refractivity contribution in [2.75, 3.05) is 0 Å². The van der Waals surface area contributed by atoms with Crippen LogP contribution in [0.2, 0.25) is 0 Å². The second kappa shape index (κ2) is 13.0. The fourth-order valence-electron chi connectivity index (χ4n) is 1.83. The van der Waals surface area contributed by atoms with Gasteiger partial charge in [-0.1, -0.05) is 74.7 Å². The van der Waals surface area contributed by atoms with E-state index in [0.29, 0.717) is 5.75 Å². The summed E-state index contributed by atoms with van der Waals surface area (Å²) < 4.78 is 0. The van der Waals surface area contributed by atoms with Gasteiger partial charge in [-0.25, -0.2) is 0 Å². The number of hydrogen-bond donors (Lipinski definition) is 1. The molecule has 2 rings (SSSR count). The van der Waals surface area contributed by atoms with Crippen LogP contribution in [-0.4, -0.2) is 28.2 Å². The van der Waals surface area contributed by atoms with Crippen LogP contribution in [0.3, 0.4) is 0 Å². The first-order valence-corrected chi connectivity index (χ1v) is 7.11. The molecule has 1 nitrogen and oxygen atoms in total. The van der Waals surface area contributed by atoms with E-state index < -0.39 is 0 Å². The van der Waals surface area contributed by atoms with Gasteiger partial charge in [0.05, 0.1) is 0 Å². The van der Waals surface area contributed by atoms with E-state index in [1.165, 1.54) is 37.7 Å². The van der Waals surface area contributed by atoms with Gasteiger partial charge >= 0.3 is 23.1 Å². The predicted octanol–water partition coefficient (Wildman–Crippen LogP) is 5.05. The molecule has 0 fully saturated rings. The quantitative estimate of drug-likeness (QED) is 0.601. The molecule has 2 heteroatoms. The topological polar surface area (TPSA) is 20.2 Å². The maximum absolute atomic E-state index is 8.63. The first-order chi connectivity index (χ1) is 9.33. The zero-order chi connectivity index (χ0) is 13.8. The molecule has 0 bridgehead atoms. The molecule has 0 aliphatic rings. The molecule has 0 heterocycles. The Balaban J connectivity index is -0.000000317. The third kappa shape index (κ3) is 9.87. The smallest absolute Gasteiger partial charge is 1.00 e. The second-order valence-electron chi connectivity index (χ2n) is 4.63. The van der Waals surface area contributed by atoms with Crippen LogP contribution in [0.15, 0.2) is 60.7 Å². The average molecular weight is 283 g/mol. The number of benzene rings is 2. The number of aromatic hydroxyl groups is 1. The molecule has 2 aromatic carbocycles. The molecule has 0 aromatic heterocycles. The maximum Gasteiger partial charge on any atom is 2.00 e. The van der Waals surface area contributed by atoms with Gasteiger partial charge in [0.1, 0.15) is 5.75 Å². The van der Waals surface area contributed by atoms with Crippen LogP contribution in [0, 0.1) is 0 Å². The van der Waals surface area contributed by atoms with Gasteiger partial charge in [0.2, 0.25) is 0 Å². The van der Waals surface area contributed by atoms with Crippen molar-refractivity contribution in [3.63, 3.8) is 0 Å². The first-order valence-electron chi connectivity index (χ1n) is 7.11. The van der Waals surface area contributed by atoms with Gasteiger partial charge in [0, 0.05) is 0 Å². The molecular weight excluding hydrogens is 257 g/mol. The zero-order valence-corrected chi connectivity index (χ0v) is 13.9. The molecule has 2 aromatic rings. The molecule has 0 spiro atoms. The third-order valence-corrected chi connectivity index (χ3v) is 2.92. The molecule has 20 heavy (non-hydrogen) atoms. The van der Waals surface area contributed by atoms with E-state index in [1.54, 1.807) is 24.3 Å². The van der Waals surface area contributed by atoms with Crippen molar-refractivity contribution in [1.82, 2.24) is 0 Å². The molecule has 0 saturated carbocycles. The number of phenolic OH excluding ortho intramolecular Hbond substituents is 1. The van der Waals surface area contributed by atoms with Crippen molar-refractivity contribution in [3.8, 4) is 5.75 Å². The normalized spacial score (nSPS) is 9.05. The zero-order valence-electron chi connectivity index (χ0n) is 14.5. The first kappa shape index (κ1) is 19.0. The van der Waals surface area contributed by atoms with Crippen molar-refractivity contribution in [2.24, 2.45) is 0 Å². The van der Waals surface area contributed by atoms with Gasteiger partial charge in [-0.15, -0.1) is 0 Å². The molecule has 0 saturated heterocycles. The summed E-state index contributed by atoms with van der Waals surface area (Å²) in [7, 11) is 0. The Kier molecular flexibility index (Phi) is 12.4. The van der Waals surface area contributed by atoms with Crippen molar-refractivity contribution < 1.29 is 7.96 Å². The fraction of sp³-hybridized carbons (Fsp3) is 0.333. The van der Waals surface area contributed by atoms with E-state index in [2.05, 4.69) is 37.3 Å². The predicted molar refractivity (Wildman–Crippen MR) is 90.4 cm³/mol. The summed E-state index contributed by atoms with van der Waals surface area (Å²) in [6, 6.07) is 19.5. The number of aryl methyl sites for hydroxylation is 1. The summed E-state index contributed by atoms with van der Waals surface area (Å²) in [4.78, 5) is 0. The van der Waals surface area contributed by atoms with Crippen LogP contribution in [0.5, 0.6) is 5.75 Å². The number of phenols is 1. The number of rotatable bonds is 5. The summed E-state index contributed by atoms with van der Waals surface area (Å²) in [5.74, 6) is 0.322. The molecule has 0 amide bonds. The second-order valence-corrected chi connectivity index (χ2v) is 4.63. The standard InChI is InChI=1S/C12H18.C6H6O.Mg.2H/c1-2-3-4-6-9-12-10-7-5-8-11-12;7-6-4-2-1-3-5-6;;;/h5,7-8,10-11H,2-4,6,9H2,1H3;1-5,7H;;;/q;;+2;2*-1. The van der Waals surface area contributed by atoms with E-state index in [1.807, 2.05) is 6.07 Å². The van der Waals surface area contributed by atoms with Gasteiger partial charge < -0.3 is 7.96 Å². The summed E-state index contributed by atoms with van der Waals surface area (Å²) in [5, 5.41) is 8.63. The molecule has 0 unspecified atom stereocenters. The van der Waals surface area contributed by atoms with Gasteiger partial charge in [0.15, 0.2) is 0 Å². The summed E-state index contributed by atoms with van der Waals surface area (Å²) >= 11 is 0. The van der Waals surface area contributed by atoms with Crippen LogP contribution in [0.25, 0.3) is 0 Å². The molecular formula is C18H26MgO. The molecule has 0 aliphatic heterocycles. The Bertz CT molecular complexity index is 424. The van der Waals surface area contributed by atoms with Crippen LogP contribution >= 0.6 is 0 Å². The van der Waals surface area contributed by atoms with E-state index in [0.717, 1.165) is 0 Å². The molecule has 0 aliphatic carbocycles. The van der Waals surface area contributed by atoms with Crippen molar-refractivity contribution in [2.45, 2.75) is 39.0 Å². The maximum atomic E-state index is 8.63. The van der Waals surface area contributed by atoms with Gasteiger partial charge in [0.25, 0.3) is 0 Å². The Morgan fingerprint density at radius 1 is 0.800 bits per heavy atom. The summed E-state index contributed by atoms with van der Waals surface area (Å²) in [5.41, 5.74) is 1.48. The van der Waals surface area contributed by atoms with E-state index in [4.69, 9.17) is 5.11 Å². The Morgan fingerprint density at radius 2 is 1.35 bits per heavy atom. The summed E-state index contributed by atoms with van der Waals surface area (Å²) in [6.07, 6.45) is 6.69. The molecule has 1 N–H and O–H groups in total. The van der Waals surface area contributed by atoms with Crippen LogP contribution in [0.1, 0.15) is 41.0 Å². The van der Waals surface area contributed by atoms with Crippen molar-refractivity contribution >= 4 is 23.1 Å². The Morgan fingerprint density at radius 3 is 1.80 bits per heavy atom. The van der Waals surface area contributed by atoms with Crippen LogP contribution < -0.4 is 0 Å². The molecule has 0 radical (unpaired) electrons. The largest absolute Gasteiger partial charge is 2.00 e. The molecule has 106 valence electrons. The van der Waals surface area contributed by atoms with Gasteiger partial charge in [-0.3, -0.25) is 0 Å². The summed E-state index contributed by atoms with van der Waals surface area (Å²) in [6.45, 7) is 2.25. The van der Waals surface area contributed by atoms with Crippen LogP contribution in [-0.2, 0) is 6.42 Å². The average Bonchev–Trinajstić information content (AvgIpc) is 2.46. The minimum absolute atomic E-state index is 0. The fourth-order valence-corrected chi connectivity index (χ4v) is 1.83. The van der Waals surface area contributed by atoms with E-state index in [-0.39, 0.29) is 25.9 Å². The van der Waals surface area contributed by atoms with Gasteiger partial charge in [-0.05, 0) is 30.5 Å². The minimum atomic E-state index is 0. The van der Waals surface area contributed by atoms with E-state index >= 15 is 0 Å². The Labute approximate surface area is 142 Å². The number of hydrogen-bond acceptors (Lipinski definition) is 1. The minimum Gasteiger partial charge on any atom is -1.00 e. The monoisotopic (exact) mass is 282 g/mol. The SMILES string of the molecule is CCCCCCc1ccccc1.Oc1ccccc1.[H-].[H-].[Mg+2]. The van der Waals surface area contributed by atoms with Crippen LogP contribution in [0.4, 0.5) is 0 Å². The Hall–Kier alpha value is -0.994. The molecule has 0 atom stereocenters. The number of unbranched alkanes of at least 4 members (excludes halogenated alkanes) is 3. The van der Waals surface area contributed by atoms with Gasteiger partial charge in [-0.2, -0.15) is 0 Å². The third-order valence-electron chi connectivity index (χ3n) is 2.92.